The van der Waals surface area contributed by atoms with Gasteiger partial charge in [-0.3, -0.25) is 4.79 Å². The number of ether oxygens (including phenoxy) is 2. The molecule has 2 aromatic carbocycles. The normalized spacial score (nSPS) is 11.7. The maximum Gasteiger partial charge on any atom is 0.252 e. The molecule has 5 heteroatoms. The first-order valence-electron chi connectivity index (χ1n) is 8.44. The van der Waals surface area contributed by atoms with E-state index in [0.717, 1.165) is 16.2 Å². The van der Waals surface area contributed by atoms with E-state index in [4.69, 9.17) is 9.47 Å². The van der Waals surface area contributed by atoms with Crippen LogP contribution in [0.5, 0.6) is 11.5 Å². The van der Waals surface area contributed by atoms with Crippen molar-refractivity contribution >= 4 is 17.7 Å². The lowest BCUT2D eigenvalue weighted by Gasteiger charge is -2.18. The molecule has 0 bridgehead atoms. The van der Waals surface area contributed by atoms with Gasteiger partial charge >= 0.3 is 0 Å². The van der Waals surface area contributed by atoms with E-state index in [2.05, 4.69) is 5.32 Å². The molecule has 0 spiro atoms. The van der Waals surface area contributed by atoms with Gasteiger partial charge in [-0.15, -0.1) is 11.8 Å². The maximum absolute atomic E-state index is 12.6. The highest BCUT2D eigenvalue weighted by atomic mass is 32.2. The Morgan fingerprint density at radius 1 is 1.08 bits per heavy atom. The Morgan fingerprint density at radius 2 is 1.76 bits per heavy atom. The zero-order valence-electron chi connectivity index (χ0n) is 15.2. The molecular weight excluding hydrogens is 334 g/mol. The Labute approximate surface area is 153 Å². The largest absolute Gasteiger partial charge is 0.490 e. The lowest BCUT2D eigenvalue weighted by atomic mass is 10.1. The number of hydrogen-bond acceptors (Lipinski definition) is 4. The molecule has 1 atom stereocenters. The molecule has 0 heterocycles. The van der Waals surface area contributed by atoms with Gasteiger partial charge in [-0.1, -0.05) is 18.2 Å². The second-order valence-electron chi connectivity index (χ2n) is 5.47. The molecule has 0 saturated heterocycles. The number of carbonyl (C=O) groups excluding carboxylic acids is 1. The van der Waals surface area contributed by atoms with Gasteiger partial charge in [0.2, 0.25) is 0 Å². The fraction of sp³-hybridized carbons (Fsp3) is 0.350. The van der Waals surface area contributed by atoms with E-state index in [1.807, 2.05) is 69.5 Å². The highest BCUT2D eigenvalue weighted by Gasteiger charge is 2.16. The number of nitrogens with one attached hydrogen (secondary N) is 1. The molecule has 2 aromatic rings. The third-order valence-corrected chi connectivity index (χ3v) is 4.56. The standard InChI is InChI=1S/C20H25NO3S/c1-5-23-17-12-11-15(13-18(17)24-6-2)14(3)21-20(22)16-9-7-8-10-19(16)25-4/h7-14H,5-6H2,1-4H3,(H,21,22)/t14-/m0/s1. The number of rotatable bonds is 8. The van der Waals surface area contributed by atoms with Gasteiger partial charge in [0.1, 0.15) is 0 Å². The van der Waals surface area contributed by atoms with E-state index >= 15 is 0 Å². The van der Waals surface area contributed by atoms with Gasteiger partial charge in [0.05, 0.1) is 24.8 Å². The lowest BCUT2D eigenvalue weighted by molar-refractivity contribution is 0.0937. The van der Waals surface area contributed by atoms with Crippen LogP contribution in [0.3, 0.4) is 0 Å². The predicted octanol–water partition coefficient (Wildman–Crippen LogP) is 4.70. The summed E-state index contributed by atoms with van der Waals surface area (Å²) in [5, 5.41) is 3.06. The SMILES string of the molecule is CCOc1ccc([C@H](C)NC(=O)c2ccccc2SC)cc1OCC. The van der Waals surface area contributed by atoms with E-state index in [0.29, 0.717) is 24.5 Å². The van der Waals surface area contributed by atoms with E-state index in [9.17, 15) is 4.79 Å². The number of carbonyl (C=O) groups is 1. The first-order chi connectivity index (χ1) is 12.1. The number of amides is 1. The average molecular weight is 359 g/mol. The Kier molecular flexibility index (Phi) is 7.19. The molecular formula is C20H25NO3S. The number of hydrogen-bond donors (Lipinski definition) is 1. The molecule has 1 N–H and O–H groups in total. The summed E-state index contributed by atoms with van der Waals surface area (Å²) in [6, 6.07) is 13.3. The fourth-order valence-corrected chi connectivity index (χ4v) is 3.12. The predicted molar refractivity (Wildman–Crippen MR) is 103 cm³/mol. The van der Waals surface area contributed by atoms with Gasteiger partial charge < -0.3 is 14.8 Å². The van der Waals surface area contributed by atoms with Crippen molar-refractivity contribution in [2.75, 3.05) is 19.5 Å². The van der Waals surface area contributed by atoms with Crippen molar-refractivity contribution in [1.29, 1.82) is 0 Å². The Balaban J connectivity index is 2.18. The molecule has 2 rings (SSSR count). The summed E-state index contributed by atoms with van der Waals surface area (Å²) < 4.78 is 11.3. The zero-order valence-corrected chi connectivity index (χ0v) is 16.0. The van der Waals surface area contributed by atoms with Gasteiger partial charge in [0.15, 0.2) is 11.5 Å². The Hall–Kier alpha value is -2.14. The van der Waals surface area contributed by atoms with Crippen LogP contribution in [-0.4, -0.2) is 25.4 Å². The maximum atomic E-state index is 12.6. The van der Waals surface area contributed by atoms with E-state index in [-0.39, 0.29) is 11.9 Å². The second-order valence-corrected chi connectivity index (χ2v) is 6.32. The Morgan fingerprint density at radius 3 is 2.44 bits per heavy atom. The molecule has 4 nitrogen and oxygen atoms in total. The highest BCUT2D eigenvalue weighted by molar-refractivity contribution is 7.98. The average Bonchev–Trinajstić information content (AvgIpc) is 2.63. The van der Waals surface area contributed by atoms with E-state index in [1.165, 1.54) is 0 Å². The smallest absolute Gasteiger partial charge is 0.252 e. The van der Waals surface area contributed by atoms with Crippen molar-refractivity contribution in [2.45, 2.75) is 31.7 Å². The quantitative estimate of drug-likeness (QED) is 0.694. The lowest BCUT2D eigenvalue weighted by Crippen LogP contribution is -2.27. The summed E-state index contributed by atoms with van der Waals surface area (Å²) in [4.78, 5) is 13.6. The third-order valence-electron chi connectivity index (χ3n) is 3.77. The molecule has 0 saturated carbocycles. The fourth-order valence-electron chi connectivity index (χ4n) is 2.53. The molecule has 0 fully saturated rings. The molecule has 25 heavy (non-hydrogen) atoms. The molecule has 1 amide bonds. The van der Waals surface area contributed by atoms with Crippen molar-refractivity contribution in [3.05, 3.63) is 53.6 Å². The minimum absolute atomic E-state index is 0.0794. The van der Waals surface area contributed by atoms with Crippen LogP contribution >= 0.6 is 11.8 Å². The monoisotopic (exact) mass is 359 g/mol. The summed E-state index contributed by atoms with van der Waals surface area (Å²) in [7, 11) is 0. The first kappa shape index (κ1) is 19.2. The van der Waals surface area contributed by atoms with Crippen LogP contribution in [0, 0.1) is 0 Å². The first-order valence-corrected chi connectivity index (χ1v) is 9.66. The summed E-state index contributed by atoms with van der Waals surface area (Å²) in [5.41, 5.74) is 1.67. The van der Waals surface area contributed by atoms with Crippen LogP contribution < -0.4 is 14.8 Å². The molecule has 134 valence electrons. The van der Waals surface area contributed by atoms with Crippen molar-refractivity contribution in [3.8, 4) is 11.5 Å². The van der Waals surface area contributed by atoms with Crippen LogP contribution in [0.4, 0.5) is 0 Å². The van der Waals surface area contributed by atoms with Gasteiger partial charge in [-0.2, -0.15) is 0 Å². The number of benzene rings is 2. The molecule has 0 aromatic heterocycles. The summed E-state index contributed by atoms with van der Waals surface area (Å²) in [5.74, 6) is 1.34. The molecule has 0 radical (unpaired) electrons. The Bertz CT molecular complexity index is 718. The van der Waals surface area contributed by atoms with E-state index < -0.39 is 0 Å². The van der Waals surface area contributed by atoms with Crippen molar-refractivity contribution in [2.24, 2.45) is 0 Å². The van der Waals surface area contributed by atoms with Gasteiger partial charge in [-0.05, 0) is 56.9 Å². The van der Waals surface area contributed by atoms with Crippen molar-refractivity contribution < 1.29 is 14.3 Å². The van der Waals surface area contributed by atoms with Crippen LogP contribution in [-0.2, 0) is 0 Å². The minimum atomic E-state index is -0.141. The van der Waals surface area contributed by atoms with Crippen LogP contribution in [0.2, 0.25) is 0 Å². The van der Waals surface area contributed by atoms with Gasteiger partial charge in [-0.25, -0.2) is 0 Å². The van der Waals surface area contributed by atoms with Crippen LogP contribution in [0.1, 0.15) is 42.7 Å². The van der Waals surface area contributed by atoms with Crippen molar-refractivity contribution in [3.63, 3.8) is 0 Å². The van der Waals surface area contributed by atoms with E-state index in [1.54, 1.807) is 11.8 Å². The molecule has 0 aliphatic carbocycles. The second kappa shape index (κ2) is 9.37. The summed E-state index contributed by atoms with van der Waals surface area (Å²) in [6.45, 7) is 6.98. The van der Waals surface area contributed by atoms with Gasteiger partial charge in [0, 0.05) is 4.90 Å². The van der Waals surface area contributed by atoms with Gasteiger partial charge in [0.25, 0.3) is 5.91 Å². The number of thioether (sulfide) groups is 1. The van der Waals surface area contributed by atoms with Crippen LogP contribution in [0.15, 0.2) is 47.4 Å². The molecule has 0 unspecified atom stereocenters. The summed E-state index contributed by atoms with van der Waals surface area (Å²) >= 11 is 1.57. The summed E-state index contributed by atoms with van der Waals surface area (Å²) in [6.07, 6.45) is 1.97. The molecule has 0 aliphatic rings. The van der Waals surface area contributed by atoms with Crippen LogP contribution in [0.25, 0.3) is 0 Å². The highest BCUT2D eigenvalue weighted by Crippen LogP contribution is 2.31. The third kappa shape index (κ3) is 4.92. The topological polar surface area (TPSA) is 47.6 Å². The zero-order chi connectivity index (χ0) is 18.2. The molecule has 0 aliphatic heterocycles. The minimum Gasteiger partial charge on any atom is -0.490 e. The van der Waals surface area contributed by atoms with Crippen molar-refractivity contribution in [1.82, 2.24) is 5.32 Å².